The molecule has 2 aromatic carbocycles. The molecule has 1 aliphatic rings. The predicted octanol–water partition coefficient (Wildman–Crippen LogP) is 2.58. The molecule has 1 aliphatic heterocycles. The van der Waals surface area contributed by atoms with Gasteiger partial charge in [0.2, 0.25) is 5.91 Å². The number of carbonyl (C=O) groups excluding carboxylic acids is 1. The summed E-state index contributed by atoms with van der Waals surface area (Å²) in [4.78, 5) is 34.3. The summed E-state index contributed by atoms with van der Waals surface area (Å²) in [7, 11) is 5.20. The SMILES string of the molecule is COc1cc2ncn(CCCC(=O)Nc3ccc(N4CCN(C)CC4)cc3)c(=O)c2cc1OC. The molecule has 9 nitrogen and oxygen atoms in total. The number of methoxy groups -OCH3 is 2. The summed E-state index contributed by atoms with van der Waals surface area (Å²) in [5.41, 5.74) is 2.31. The molecule has 1 saturated heterocycles. The standard InChI is InChI=1S/C25H31N5O4/c1-28-11-13-29(14-12-28)19-8-6-18(7-9-19)27-24(31)5-4-10-30-17-26-21-16-23(34-3)22(33-2)15-20(21)25(30)32/h6-9,15-17H,4-5,10-14H2,1-3H3,(H,27,31). The Labute approximate surface area is 198 Å². The lowest BCUT2D eigenvalue weighted by Gasteiger charge is -2.34. The van der Waals surface area contributed by atoms with Gasteiger partial charge in [-0.2, -0.15) is 0 Å². The smallest absolute Gasteiger partial charge is 0.261 e. The van der Waals surface area contributed by atoms with Gasteiger partial charge in [-0.25, -0.2) is 4.98 Å². The van der Waals surface area contributed by atoms with Crippen molar-refractivity contribution in [3.05, 3.63) is 53.1 Å². The van der Waals surface area contributed by atoms with E-state index in [1.807, 2.05) is 24.3 Å². The van der Waals surface area contributed by atoms with Crippen LogP contribution < -0.4 is 25.2 Å². The minimum atomic E-state index is -0.175. The number of aromatic nitrogens is 2. The summed E-state index contributed by atoms with van der Waals surface area (Å²) in [6.07, 6.45) is 2.33. The normalized spacial score (nSPS) is 14.3. The fourth-order valence-corrected chi connectivity index (χ4v) is 4.10. The first-order valence-corrected chi connectivity index (χ1v) is 11.4. The van der Waals surface area contributed by atoms with Gasteiger partial charge in [-0.05, 0) is 43.8 Å². The van der Waals surface area contributed by atoms with Gasteiger partial charge in [0.25, 0.3) is 5.56 Å². The summed E-state index contributed by atoms with van der Waals surface area (Å²) >= 11 is 0. The first kappa shape index (κ1) is 23.6. The number of ether oxygens (including phenoxy) is 2. The third kappa shape index (κ3) is 5.31. The largest absolute Gasteiger partial charge is 0.493 e. The highest BCUT2D eigenvalue weighted by Crippen LogP contribution is 2.29. The molecule has 0 saturated carbocycles. The van der Waals surface area contributed by atoms with Crippen LogP contribution in [0, 0.1) is 0 Å². The van der Waals surface area contributed by atoms with E-state index in [0.717, 1.165) is 31.9 Å². The molecule has 1 fully saturated rings. The molecule has 34 heavy (non-hydrogen) atoms. The maximum absolute atomic E-state index is 12.9. The Hall–Kier alpha value is -3.59. The Kier molecular flexibility index (Phi) is 7.32. The molecule has 0 bridgehead atoms. The van der Waals surface area contributed by atoms with E-state index in [1.54, 1.807) is 12.1 Å². The number of piperazine rings is 1. The summed E-state index contributed by atoms with van der Waals surface area (Å²) in [6.45, 7) is 4.51. The molecule has 0 unspecified atom stereocenters. The Morgan fingerprint density at radius 1 is 1.03 bits per heavy atom. The van der Waals surface area contributed by atoms with Crippen LogP contribution in [0.25, 0.3) is 10.9 Å². The topological polar surface area (TPSA) is 88.9 Å². The minimum Gasteiger partial charge on any atom is -0.493 e. The van der Waals surface area contributed by atoms with E-state index < -0.39 is 0 Å². The number of rotatable bonds is 8. The third-order valence-electron chi connectivity index (χ3n) is 6.15. The summed E-state index contributed by atoms with van der Waals surface area (Å²) in [5.74, 6) is 0.915. The zero-order valence-electron chi connectivity index (χ0n) is 19.9. The van der Waals surface area contributed by atoms with Crippen LogP contribution in [0.15, 0.2) is 47.5 Å². The predicted molar refractivity (Wildman–Crippen MR) is 133 cm³/mol. The van der Waals surface area contributed by atoms with Crippen molar-refractivity contribution in [1.82, 2.24) is 14.5 Å². The number of hydrogen-bond acceptors (Lipinski definition) is 7. The zero-order chi connectivity index (χ0) is 24.1. The Morgan fingerprint density at radius 2 is 1.71 bits per heavy atom. The van der Waals surface area contributed by atoms with Crippen LogP contribution in [0.4, 0.5) is 11.4 Å². The Morgan fingerprint density at radius 3 is 2.38 bits per heavy atom. The first-order chi connectivity index (χ1) is 16.5. The maximum atomic E-state index is 12.9. The van der Waals surface area contributed by atoms with E-state index in [0.29, 0.717) is 41.8 Å². The lowest BCUT2D eigenvalue weighted by molar-refractivity contribution is -0.116. The average molecular weight is 466 g/mol. The number of nitrogens with zero attached hydrogens (tertiary/aromatic N) is 4. The highest BCUT2D eigenvalue weighted by molar-refractivity contribution is 5.90. The molecule has 4 rings (SSSR count). The third-order valence-corrected chi connectivity index (χ3v) is 6.15. The van der Waals surface area contributed by atoms with E-state index >= 15 is 0 Å². The highest BCUT2D eigenvalue weighted by atomic mass is 16.5. The van der Waals surface area contributed by atoms with Gasteiger partial charge in [-0.15, -0.1) is 0 Å². The van der Waals surface area contributed by atoms with Crippen LogP contribution in [0.3, 0.4) is 0 Å². The van der Waals surface area contributed by atoms with Gasteiger partial charge >= 0.3 is 0 Å². The van der Waals surface area contributed by atoms with Crippen molar-refractivity contribution in [3.63, 3.8) is 0 Å². The Balaban J connectivity index is 1.32. The molecule has 1 aromatic heterocycles. The molecule has 9 heteroatoms. The molecule has 0 aliphatic carbocycles. The van der Waals surface area contributed by atoms with Gasteiger partial charge in [0.05, 0.1) is 31.4 Å². The molecule has 3 aromatic rings. The number of fused-ring (bicyclic) bond motifs is 1. The van der Waals surface area contributed by atoms with Crippen LogP contribution in [0.5, 0.6) is 11.5 Å². The molecule has 180 valence electrons. The zero-order valence-corrected chi connectivity index (χ0v) is 19.9. The molecule has 0 spiro atoms. The first-order valence-electron chi connectivity index (χ1n) is 11.4. The van der Waals surface area contributed by atoms with Gasteiger partial charge in [-0.1, -0.05) is 0 Å². The van der Waals surface area contributed by atoms with E-state index in [9.17, 15) is 9.59 Å². The van der Waals surface area contributed by atoms with Gasteiger partial charge in [0.1, 0.15) is 0 Å². The monoisotopic (exact) mass is 465 g/mol. The number of benzene rings is 2. The molecule has 1 amide bonds. The van der Waals surface area contributed by atoms with Gasteiger partial charge < -0.3 is 24.6 Å². The average Bonchev–Trinajstić information content (AvgIpc) is 2.85. The lowest BCUT2D eigenvalue weighted by atomic mass is 10.2. The molecule has 2 heterocycles. The summed E-state index contributed by atoms with van der Waals surface area (Å²) < 4.78 is 12.1. The van der Waals surface area contributed by atoms with E-state index in [4.69, 9.17) is 9.47 Å². The number of amides is 1. The van der Waals surface area contributed by atoms with Crippen molar-refractivity contribution in [2.75, 3.05) is 57.7 Å². The summed E-state index contributed by atoms with van der Waals surface area (Å²) in [6, 6.07) is 11.3. The Bertz CT molecular complexity index is 1200. The minimum absolute atomic E-state index is 0.0828. The molecule has 0 atom stereocenters. The van der Waals surface area contributed by atoms with Crippen molar-refractivity contribution in [2.45, 2.75) is 19.4 Å². The van der Waals surface area contributed by atoms with E-state index in [1.165, 1.54) is 30.8 Å². The molecule has 0 radical (unpaired) electrons. The second-order valence-electron chi connectivity index (χ2n) is 8.46. The second kappa shape index (κ2) is 10.6. The maximum Gasteiger partial charge on any atom is 0.261 e. The van der Waals surface area contributed by atoms with Gasteiger partial charge in [0, 0.05) is 56.6 Å². The van der Waals surface area contributed by atoms with Gasteiger partial charge in [-0.3, -0.25) is 14.2 Å². The van der Waals surface area contributed by atoms with Crippen molar-refractivity contribution in [2.24, 2.45) is 0 Å². The van der Waals surface area contributed by atoms with Crippen molar-refractivity contribution in [3.8, 4) is 11.5 Å². The second-order valence-corrected chi connectivity index (χ2v) is 8.46. The highest BCUT2D eigenvalue weighted by Gasteiger charge is 2.14. The fourth-order valence-electron chi connectivity index (χ4n) is 4.10. The molecular weight excluding hydrogens is 434 g/mol. The number of nitrogens with one attached hydrogen (secondary N) is 1. The number of aryl methyl sites for hydroxylation is 1. The van der Waals surface area contributed by atoms with Crippen molar-refractivity contribution >= 4 is 28.2 Å². The van der Waals surface area contributed by atoms with E-state index in [-0.39, 0.29) is 11.5 Å². The molecular formula is C25H31N5O4. The van der Waals surface area contributed by atoms with Crippen molar-refractivity contribution < 1.29 is 14.3 Å². The number of hydrogen-bond donors (Lipinski definition) is 1. The molecule has 1 N–H and O–H groups in total. The van der Waals surface area contributed by atoms with Gasteiger partial charge in [0.15, 0.2) is 11.5 Å². The van der Waals surface area contributed by atoms with E-state index in [2.05, 4.69) is 27.1 Å². The number of carbonyl (C=O) groups is 1. The van der Waals surface area contributed by atoms with Crippen molar-refractivity contribution in [1.29, 1.82) is 0 Å². The number of anilines is 2. The lowest BCUT2D eigenvalue weighted by Crippen LogP contribution is -2.44. The summed E-state index contributed by atoms with van der Waals surface area (Å²) in [5, 5.41) is 3.39. The van der Waals surface area contributed by atoms with Crippen LogP contribution in [-0.2, 0) is 11.3 Å². The van der Waals surface area contributed by atoms with Crippen LogP contribution in [0.2, 0.25) is 0 Å². The fraction of sp³-hybridized carbons (Fsp3) is 0.400. The van der Waals surface area contributed by atoms with Crippen LogP contribution in [0.1, 0.15) is 12.8 Å². The number of likely N-dealkylation sites (N-methyl/N-ethyl adjacent to an activating group) is 1. The quantitative estimate of drug-likeness (QED) is 0.547. The van der Waals surface area contributed by atoms with Crippen LogP contribution >= 0.6 is 0 Å². The van der Waals surface area contributed by atoms with Crippen LogP contribution in [-0.4, -0.2) is 67.8 Å².